The van der Waals surface area contributed by atoms with Crippen LogP contribution in [-0.2, 0) is 0 Å². The summed E-state index contributed by atoms with van der Waals surface area (Å²) >= 11 is 13.3. The molecule has 4 heterocycles. The molecule has 8 nitrogen and oxygen atoms in total. The first-order valence-corrected chi connectivity index (χ1v) is 14.8. The van der Waals surface area contributed by atoms with Gasteiger partial charge in [-0.25, -0.2) is 19.3 Å². The van der Waals surface area contributed by atoms with Crippen LogP contribution in [0.3, 0.4) is 0 Å². The average Bonchev–Trinajstić information content (AvgIpc) is 3.82. The zero-order chi connectivity index (χ0) is 27.1. The third-order valence-corrected chi connectivity index (χ3v) is 9.53. The summed E-state index contributed by atoms with van der Waals surface area (Å²) in [6.45, 7) is 0. The van der Waals surface area contributed by atoms with Crippen LogP contribution in [0.2, 0.25) is 0 Å². The van der Waals surface area contributed by atoms with Crippen molar-refractivity contribution < 1.29 is 9.59 Å². The van der Waals surface area contributed by atoms with Crippen molar-refractivity contribution >= 4 is 34.8 Å². The molecule has 202 valence electrons. The molecule has 2 aliphatic heterocycles. The third kappa shape index (κ3) is 3.87. The van der Waals surface area contributed by atoms with Crippen LogP contribution in [0.1, 0.15) is 110 Å². The standard InChI is InChI=1S/C30H26Cl2N6O2/c31-21-13-23(15-6-2-1-3-7-15)37-29(21)34-28(36-37)26(40)20-12-19(20)17-8-4-5-9-18(17)24-14-22(32)30-33-27(35-38(24)30)25(39)16-10-11-16/h1-9,16,19-24H,10-14H2/t19?,20?,21-,22+,23-,24+/m1/s1. The SMILES string of the molecule is O=C(c1nc2n(n1)[C@H](c1ccccc1C1CC1C(=O)c1nc3n(n1)[C@@H](c1ccccc1)C[C@H]3Cl)C[C@@H]2Cl)C1CC1. The number of aromatic nitrogens is 6. The normalized spacial score (nSPS) is 28.4. The smallest absolute Gasteiger partial charge is 0.217 e. The molecule has 0 radical (unpaired) electrons. The first-order valence-electron chi connectivity index (χ1n) is 13.9. The van der Waals surface area contributed by atoms with Gasteiger partial charge in [0.15, 0.2) is 0 Å². The van der Waals surface area contributed by atoms with Gasteiger partial charge in [-0.15, -0.1) is 33.4 Å². The highest BCUT2D eigenvalue weighted by Crippen LogP contribution is 2.53. The summed E-state index contributed by atoms with van der Waals surface area (Å²) in [4.78, 5) is 35.4. The minimum absolute atomic E-state index is 0.0128. The molecule has 4 aliphatic rings. The predicted octanol–water partition coefficient (Wildman–Crippen LogP) is 5.99. The topological polar surface area (TPSA) is 95.6 Å². The fraction of sp³-hybridized carbons (Fsp3) is 0.400. The van der Waals surface area contributed by atoms with Gasteiger partial charge >= 0.3 is 0 Å². The number of hydrogen-bond acceptors (Lipinski definition) is 6. The van der Waals surface area contributed by atoms with E-state index < -0.39 is 0 Å². The number of alkyl halides is 2. The molecular formula is C30H26Cl2N6O2. The van der Waals surface area contributed by atoms with E-state index in [1.54, 1.807) is 0 Å². The van der Waals surface area contributed by atoms with Crippen molar-refractivity contribution in [2.24, 2.45) is 11.8 Å². The Hall–Kier alpha value is -3.36. The van der Waals surface area contributed by atoms with Crippen molar-refractivity contribution in [3.63, 3.8) is 0 Å². The quantitative estimate of drug-likeness (QED) is 0.199. The minimum Gasteiger partial charge on any atom is -0.290 e. The van der Waals surface area contributed by atoms with E-state index in [-0.39, 0.29) is 63.8 Å². The number of carbonyl (C=O) groups excluding carboxylic acids is 2. The fourth-order valence-corrected chi connectivity index (χ4v) is 7.09. The lowest BCUT2D eigenvalue weighted by molar-refractivity contribution is 0.0947. The Labute approximate surface area is 240 Å². The van der Waals surface area contributed by atoms with E-state index in [1.165, 1.54) is 0 Å². The molecule has 2 aromatic heterocycles. The number of carbonyl (C=O) groups is 2. The van der Waals surface area contributed by atoms with Gasteiger partial charge in [0.25, 0.3) is 0 Å². The zero-order valence-electron chi connectivity index (χ0n) is 21.5. The number of ketones is 2. The molecule has 0 amide bonds. The molecule has 10 heteroatoms. The van der Waals surface area contributed by atoms with Gasteiger partial charge in [0, 0.05) is 11.8 Å². The predicted molar refractivity (Wildman–Crippen MR) is 148 cm³/mol. The molecule has 2 saturated carbocycles. The Morgan fingerprint density at radius 2 is 1.27 bits per heavy atom. The number of nitrogens with zero attached hydrogens (tertiary/aromatic N) is 6. The Morgan fingerprint density at radius 1 is 0.700 bits per heavy atom. The van der Waals surface area contributed by atoms with Crippen LogP contribution < -0.4 is 0 Å². The Morgan fingerprint density at radius 3 is 1.95 bits per heavy atom. The van der Waals surface area contributed by atoms with Gasteiger partial charge in [-0.2, -0.15) is 0 Å². The van der Waals surface area contributed by atoms with Crippen molar-refractivity contribution in [1.29, 1.82) is 0 Å². The lowest BCUT2D eigenvalue weighted by Crippen LogP contribution is -2.13. The largest absolute Gasteiger partial charge is 0.290 e. The summed E-state index contributed by atoms with van der Waals surface area (Å²) in [5.41, 5.74) is 3.29. The molecule has 2 aromatic carbocycles. The van der Waals surface area contributed by atoms with Crippen molar-refractivity contribution in [1.82, 2.24) is 29.5 Å². The maximum Gasteiger partial charge on any atom is 0.217 e. The van der Waals surface area contributed by atoms with Gasteiger partial charge in [-0.1, -0.05) is 54.6 Å². The van der Waals surface area contributed by atoms with Gasteiger partial charge in [-0.3, -0.25) is 9.59 Å². The molecule has 0 saturated heterocycles. The fourth-order valence-electron chi connectivity index (χ4n) is 6.45. The van der Waals surface area contributed by atoms with Crippen molar-refractivity contribution in [2.75, 3.05) is 0 Å². The van der Waals surface area contributed by atoms with E-state index in [1.807, 2.05) is 39.7 Å². The molecule has 4 aromatic rings. The number of rotatable bonds is 7. The highest BCUT2D eigenvalue weighted by molar-refractivity contribution is 6.21. The van der Waals surface area contributed by atoms with Crippen molar-refractivity contribution in [3.8, 4) is 0 Å². The molecule has 0 spiro atoms. The zero-order valence-corrected chi connectivity index (χ0v) is 23.0. The van der Waals surface area contributed by atoms with E-state index in [0.29, 0.717) is 24.5 Å². The Kier molecular flexibility index (Phi) is 5.55. The van der Waals surface area contributed by atoms with Gasteiger partial charge in [0.2, 0.25) is 23.2 Å². The molecule has 2 aliphatic carbocycles. The number of halogens is 2. The molecule has 0 bridgehead atoms. The van der Waals surface area contributed by atoms with Gasteiger partial charge < -0.3 is 0 Å². The second-order valence-electron chi connectivity index (χ2n) is 11.4. The van der Waals surface area contributed by atoms with Crippen LogP contribution in [0.4, 0.5) is 0 Å². The number of hydrogen-bond donors (Lipinski definition) is 0. The van der Waals surface area contributed by atoms with Crippen LogP contribution in [0.15, 0.2) is 54.6 Å². The monoisotopic (exact) mass is 572 g/mol. The maximum absolute atomic E-state index is 13.6. The van der Waals surface area contributed by atoms with Crippen molar-refractivity contribution in [3.05, 3.63) is 94.6 Å². The lowest BCUT2D eigenvalue weighted by Gasteiger charge is -2.17. The van der Waals surface area contributed by atoms with Gasteiger partial charge in [0.1, 0.15) is 11.6 Å². The van der Waals surface area contributed by atoms with Crippen LogP contribution in [-0.4, -0.2) is 41.1 Å². The molecule has 6 atom stereocenters. The van der Waals surface area contributed by atoms with E-state index >= 15 is 0 Å². The first-order chi connectivity index (χ1) is 19.5. The summed E-state index contributed by atoms with van der Waals surface area (Å²) in [6.07, 6.45) is 3.89. The van der Waals surface area contributed by atoms with E-state index in [9.17, 15) is 9.59 Å². The summed E-state index contributed by atoms with van der Waals surface area (Å²) in [6, 6.07) is 18.1. The van der Waals surface area contributed by atoms with Gasteiger partial charge in [-0.05, 0) is 54.7 Å². The maximum atomic E-state index is 13.6. The molecule has 0 N–H and O–H groups in total. The third-order valence-electron chi connectivity index (χ3n) is 8.78. The Balaban J connectivity index is 1.06. The number of benzene rings is 2. The molecule has 40 heavy (non-hydrogen) atoms. The molecule has 8 rings (SSSR count). The number of Topliss-reactive ketones (excluding diaryl/α,β-unsaturated/α-hetero) is 2. The van der Waals surface area contributed by atoms with Crippen molar-refractivity contribution in [2.45, 2.75) is 60.9 Å². The van der Waals surface area contributed by atoms with E-state index in [4.69, 9.17) is 23.2 Å². The van der Waals surface area contributed by atoms with E-state index in [0.717, 1.165) is 36.0 Å². The summed E-state index contributed by atoms with van der Waals surface area (Å²) < 4.78 is 3.66. The number of fused-ring (bicyclic) bond motifs is 2. The van der Waals surface area contributed by atoms with Crippen LogP contribution in [0.5, 0.6) is 0 Å². The second kappa shape index (κ2) is 9.08. The summed E-state index contributed by atoms with van der Waals surface area (Å²) in [5, 5.41) is 8.68. The average molecular weight is 573 g/mol. The molecule has 2 unspecified atom stereocenters. The van der Waals surface area contributed by atoms with Crippen LogP contribution >= 0.6 is 23.2 Å². The summed E-state index contributed by atoms with van der Waals surface area (Å²) in [7, 11) is 0. The first kappa shape index (κ1) is 24.4. The lowest BCUT2D eigenvalue weighted by atomic mass is 9.94. The summed E-state index contributed by atoms with van der Waals surface area (Å²) in [5.74, 6) is 1.72. The highest BCUT2D eigenvalue weighted by Gasteiger charge is 2.49. The van der Waals surface area contributed by atoms with E-state index in [2.05, 4.69) is 44.4 Å². The second-order valence-corrected chi connectivity index (χ2v) is 12.5. The Bertz CT molecular complexity index is 1660. The molecule has 2 fully saturated rings. The minimum atomic E-state index is -0.318. The van der Waals surface area contributed by atoms with Crippen LogP contribution in [0, 0.1) is 11.8 Å². The van der Waals surface area contributed by atoms with Crippen LogP contribution in [0.25, 0.3) is 0 Å². The highest BCUT2D eigenvalue weighted by atomic mass is 35.5. The molecular weight excluding hydrogens is 547 g/mol. The van der Waals surface area contributed by atoms with Gasteiger partial charge in [0.05, 0.1) is 22.8 Å².